The number of likely N-dealkylation sites (tertiary alicyclic amines) is 1. The molecule has 1 aliphatic rings. The summed E-state index contributed by atoms with van der Waals surface area (Å²) >= 11 is 0. The molecule has 0 aliphatic carbocycles. The third kappa shape index (κ3) is 3.44. The minimum atomic E-state index is -0.440. The minimum absolute atomic E-state index is 0.0101. The number of hydrogen-bond acceptors (Lipinski definition) is 4. The molecule has 19 heavy (non-hydrogen) atoms. The monoisotopic (exact) mass is 263 g/mol. The van der Waals surface area contributed by atoms with Gasteiger partial charge in [0.15, 0.2) is 0 Å². The molecule has 1 heterocycles. The zero-order chi connectivity index (χ0) is 14.0. The second kappa shape index (κ2) is 5.57. The van der Waals surface area contributed by atoms with Crippen LogP contribution < -0.4 is 5.73 Å². The Labute approximate surface area is 113 Å². The molecule has 1 fully saturated rings. The maximum Gasteiger partial charge on any atom is 0.292 e. The molecule has 0 aromatic heterocycles. The molecule has 2 unspecified atom stereocenters. The van der Waals surface area contributed by atoms with Gasteiger partial charge >= 0.3 is 0 Å². The van der Waals surface area contributed by atoms with Crippen LogP contribution in [0.2, 0.25) is 0 Å². The van der Waals surface area contributed by atoms with E-state index >= 15 is 0 Å². The number of nitrogen functional groups attached to an aromatic ring is 1. The van der Waals surface area contributed by atoms with Crippen molar-refractivity contribution in [2.75, 3.05) is 18.8 Å². The smallest absolute Gasteiger partial charge is 0.292 e. The van der Waals surface area contributed by atoms with E-state index in [-0.39, 0.29) is 11.4 Å². The van der Waals surface area contributed by atoms with Crippen LogP contribution in [0, 0.1) is 22.0 Å². The van der Waals surface area contributed by atoms with E-state index in [0.717, 1.165) is 25.2 Å². The highest BCUT2D eigenvalue weighted by molar-refractivity contribution is 5.59. The molecule has 2 rings (SSSR count). The van der Waals surface area contributed by atoms with Crippen molar-refractivity contribution < 1.29 is 4.92 Å². The van der Waals surface area contributed by atoms with Crippen molar-refractivity contribution >= 4 is 11.4 Å². The van der Waals surface area contributed by atoms with E-state index in [1.807, 2.05) is 0 Å². The van der Waals surface area contributed by atoms with Crippen LogP contribution in [0.4, 0.5) is 11.4 Å². The first kappa shape index (κ1) is 13.8. The summed E-state index contributed by atoms with van der Waals surface area (Å²) in [7, 11) is 0. The third-order valence-corrected chi connectivity index (χ3v) is 3.64. The Morgan fingerprint density at radius 2 is 2.00 bits per heavy atom. The van der Waals surface area contributed by atoms with Gasteiger partial charge in [0.1, 0.15) is 5.69 Å². The Morgan fingerprint density at radius 1 is 1.37 bits per heavy atom. The fourth-order valence-corrected chi connectivity index (χ4v) is 3.05. The first-order chi connectivity index (χ1) is 8.95. The van der Waals surface area contributed by atoms with Crippen molar-refractivity contribution in [2.45, 2.75) is 26.8 Å². The van der Waals surface area contributed by atoms with Gasteiger partial charge < -0.3 is 5.73 Å². The molecule has 5 heteroatoms. The summed E-state index contributed by atoms with van der Waals surface area (Å²) < 4.78 is 0. The molecule has 0 radical (unpaired) electrons. The maximum absolute atomic E-state index is 10.7. The van der Waals surface area contributed by atoms with E-state index in [1.165, 1.54) is 12.5 Å². The van der Waals surface area contributed by atoms with Gasteiger partial charge in [0.25, 0.3) is 5.69 Å². The van der Waals surface area contributed by atoms with E-state index in [1.54, 1.807) is 12.1 Å². The fraction of sp³-hybridized carbons (Fsp3) is 0.571. The summed E-state index contributed by atoms with van der Waals surface area (Å²) in [5.41, 5.74) is 7.01. The number of nitrogens with two attached hydrogens (primary N) is 1. The fourth-order valence-electron chi connectivity index (χ4n) is 3.05. The number of nitro groups is 1. The largest absolute Gasteiger partial charge is 0.393 e. The van der Waals surface area contributed by atoms with E-state index in [2.05, 4.69) is 18.7 Å². The first-order valence-corrected chi connectivity index (χ1v) is 6.71. The Kier molecular flexibility index (Phi) is 4.04. The summed E-state index contributed by atoms with van der Waals surface area (Å²) in [5.74, 6) is 1.42. The average Bonchev–Trinajstić information content (AvgIpc) is 2.26. The van der Waals surface area contributed by atoms with E-state index in [4.69, 9.17) is 5.73 Å². The molecule has 104 valence electrons. The Morgan fingerprint density at radius 3 is 2.53 bits per heavy atom. The summed E-state index contributed by atoms with van der Waals surface area (Å²) in [6, 6.07) is 5.03. The van der Waals surface area contributed by atoms with Gasteiger partial charge in [0, 0.05) is 25.7 Å². The van der Waals surface area contributed by atoms with Gasteiger partial charge in [-0.15, -0.1) is 0 Å². The molecule has 2 N–H and O–H groups in total. The van der Waals surface area contributed by atoms with Crippen molar-refractivity contribution in [3.63, 3.8) is 0 Å². The van der Waals surface area contributed by atoms with Crippen LogP contribution >= 0.6 is 0 Å². The molecule has 0 amide bonds. The van der Waals surface area contributed by atoms with Crippen molar-refractivity contribution in [3.05, 3.63) is 33.9 Å². The molecule has 1 aromatic rings. The number of rotatable bonds is 3. The predicted octanol–water partition coefficient (Wildman–Crippen LogP) is 2.65. The van der Waals surface area contributed by atoms with E-state index < -0.39 is 4.92 Å². The lowest BCUT2D eigenvalue weighted by atomic mass is 9.91. The Balaban J connectivity index is 2.07. The number of hydrogen-bond donors (Lipinski definition) is 1. The quantitative estimate of drug-likeness (QED) is 0.517. The summed E-state index contributed by atoms with van der Waals surface area (Å²) in [6.45, 7) is 7.53. The summed E-state index contributed by atoms with van der Waals surface area (Å²) in [6.07, 6.45) is 1.28. The van der Waals surface area contributed by atoms with Crippen LogP contribution in [0.5, 0.6) is 0 Å². The number of nitrogens with zero attached hydrogens (tertiary/aromatic N) is 2. The molecule has 2 atom stereocenters. The number of benzene rings is 1. The third-order valence-electron chi connectivity index (χ3n) is 3.64. The first-order valence-electron chi connectivity index (χ1n) is 6.71. The lowest BCUT2D eigenvalue weighted by molar-refractivity contribution is -0.383. The van der Waals surface area contributed by atoms with Crippen LogP contribution in [-0.2, 0) is 6.54 Å². The van der Waals surface area contributed by atoms with Gasteiger partial charge in [-0.1, -0.05) is 19.9 Å². The summed E-state index contributed by atoms with van der Waals surface area (Å²) in [5, 5.41) is 10.7. The number of nitro benzene ring substituents is 1. The molecule has 0 spiro atoms. The highest BCUT2D eigenvalue weighted by atomic mass is 16.6. The van der Waals surface area contributed by atoms with Gasteiger partial charge in [-0.3, -0.25) is 15.0 Å². The van der Waals surface area contributed by atoms with Gasteiger partial charge in [-0.25, -0.2) is 0 Å². The van der Waals surface area contributed by atoms with Crippen molar-refractivity contribution in [1.82, 2.24) is 4.90 Å². The lowest BCUT2D eigenvalue weighted by Gasteiger charge is -2.35. The zero-order valence-corrected chi connectivity index (χ0v) is 11.5. The Bertz CT molecular complexity index is 466. The van der Waals surface area contributed by atoms with Gasteiger partial charge in [-0.2, -0.15) is 0 Å². The van der Waals surface area contributed by atoms with E-state index in [0.29, 0.717) is 11.8 Å². The molecule has 1 aromatic carbocycles. The van der Waals surface area contributed by atoms with E-state index in [9.17, 15) is 10.1 Å². The maximum atomic E-state index is 10.7. The Hall–Kier alpha value is -1.62. The molecular weight excluding hydrogens is 242 g/mol. The van der Waals surface area contributed by atoms with Crippen LogP contribution in [0.1, 0.15) is 25.8 Å². The molecule has 1 saturated heterocycles. The highest BCUT2D eigenvalue weighted by Gasteiger charge is 2.22. The normalized spacial score (nSPS) is 24.3. The molecular formula is C14H21N3O2. The number of piperidine rings is 1. The summed E-state index contributed by atoms with van der Waals surface area (Å²) in [4.78, 5) is 12.7. The van der Waals surface area contributed by atoms with Crippen LogP contribution in [0.3, 0.4) is 0 Å². The second-order valence-corrected chi connectivity index (χ2v) is 5.79. The van der Waals surface area contributed by atoms with Crippen molar-refractivity contribution in [1.29, 1.82) is 0 Å². The second-order valence-electron chi connectivity index (χ2n) is 5.79. The predicted molar refractivity (Wildman–Crippen MR) is 75.7 cm³/mol. The van der Waals surface area contributed by atoms with Crippen LogP contribution in [0.25, 0.3) is 0 Å². The van der Waals surface area contributed by atoms with Gasteiger partial charge in [-0.05, 0) is 29.9 Å². The van der Waals surface area contributed by atoms with Crippen molar-refractivity contribution in [2.24, 2.45) is 11.8 Å². The number of anilines is 1. The minimum Gasteiger partial charge on any atom is -0.393 e. The molecule has 0 saturated carbocycles. The lowest BCUT2D eigenvalue weighted by Crippen LogP contribution is -2.38. The van der Waals surface area contributed by atoms with Gasteiger partial charge in [0.05, 0.1) is 4.92 Å². The van der Waals surface area contributed by atoms with Gasteiger partial charge in [0.2, 0.25) is 0 Å². The molecule has 0 bridgehead atoms. The molecule has 5 nitrogen and oxygen atoms in total. The SMILES string of the molecule is CC1CC(C)CN(Cc2ccc([N+](=O)[O-])c(N)c2)C1. The molecule has 1 aliphatic heterocycles. The topological polar surface area (TPSA) is 72.4 Å². The van der Waals surface area contributed by atoms with Crippen LogP contribution in [-0.4, -0.2) is 22.9 Å². The zero-order valence-electron chi connectivity index (χ0n) is 11.5. The highest BCUT2D eigenvalue weighted by Crippen LogP contribution is 2.25. The van der Waals surface area contributed by atoms with Crippen molar-refractivity contribution in [3.8, 4) is 0 Å². The van der Waals surface area contributed by atoms with Crippen LogP contribution in [0.15, 0.2) is 18.2 Å². The average molecular weight is 263 g/mol. The standard InChI is InChI=1S/C14H21N3O2/c1-10-5-11(2)8-16(7-10)9-12-3-4-14(17(18)19)13(15)6-12/h3-4,6,10-11H,5,7-9,15H2,1-2H3.